The van der Waals surface area contributed by atoms with Crippen LogP contribution < -0.4 is 5.32 Å². The Balaban J connectivity index is 2.27. The highest BCUT2D eigenvalue weighted by molar-refractivity contribution is 6.35. The number of aryl methyl sites for hydroxylation is 1. The van der Waals surface area contributed by atoms with E-state index in [0.29, 0.717) is 10.0 Å². The second-order valence-electron chi connectivity index (χ2n) is 6.21. The number of rotatable bonds is 6. The number of amides is 2. The monoisotopic (exact) mass is 392 g/mol. The number of hydrogen-bond donors (Lipinski definition) is 1. The molecular weight excluding hydrogens is 371 g/mol. The van der Waals surface area contributed by atoms with Crippen LogP contribution in [0.25, 0.3) is 0 Å². The van der Waals surface area contributed by atoms with E-state index in [9.17, 15) is 9.59 Å². The molecule has 0 spiro atoms. The summed E-state index contributed by atoms with van der Waals surface area (Å²) in [5.41, 5.74) is 2.73. The average molecular weight is 393 g/mol. The Morgan fingerprint density at radius 2 is 1.88 bits per heavy atom. The van der Waals surface area contributed by atoms with Gasteiger partial charge in [0.1, 0.15) is 6.04 Å². The van der Waals surface area contributed by atoms with Gasteiger partial charge in [-0.1, -0.05) is 59.1 Å². The molecule has 2 aromatic rings. The second-order valence-corrected chi connectivity index (χ2v) is 7.06. The van der Waals surface area contributed by atoms with Crippen molar-refractivity contribution in [3.05, 3.63) is 69.2 Å². The number of carbonyl (C=O) groups is 2. The highest BCUT2D eigenvalue weighted by Gasteiger charge is 2.26. The molecule has 2 amide bonds. The molecule has 0 heterocycles. The number of nitrogens with zero attached hydrogens (tertiary/aromatic N) is 1. The van der Waals surface area contributed by atoms with Gasteiger partial charge < -0.3 is 10.2 Å². The lowest BCUT2D eigenvalue weighted by molar-refractivity contribution is -0.139. The van der Waals surface area contributed by atoms with Gasteiger partial charge in [-0.05, 0) is 37.1 Å². The van der Waals surface area contributed by atoms with Gasteiger partial charge in [-0.2, -0.15) is 0 Å². The summed E-state index contributed by atoms with van der Waals surface area (Å²) in [4.78, 5) is 26.6. The first-order chi connectivity index (χ1) is 12.3. The van der Waals surface area contributed by atoms with Crippen molar-refractivity contribution in [3.8, 4) is 0 Å². The molecule has 1 N–H and O–H groups in total. The minimum absolute atomic E-state index is 0.141. The van der Waals surface area contributed by atoms with Crippen LogP contribution >= 0.6 is 23.2 Å². The molecule has 0 aliphatic heterocycles. The van der Waals surface area contributed by atoms with Crippen LogP contribution in [-0.4, -0.2) is 29.8 Å². The van der Waals surface area contributed by atoms with Gasteiger partial charge in [-0.25, -0.2) is 0 Å². The largest absolute Gasteiger partial charge is 0.357 e. The average Bonchev–Trinajstić information content (AvgIpc) is 2.59. The molecule has 0 aliphatic carbocycles. The fraction of sp³-hybridized carbons (Fsp3) is 0.300. The Bertz CT molecular complexity index is 808. The standard InChI is InChI=1S/C20H22Cl2N2O2/c1-13-5-4-6-15(9-13)10-19(25)24(14(2)20(26)23-3)12-16-7-8-17(21)11-18(16)22/h4-9,11,14H,10,12H2,1-3H3,(H,23,26). The number of carbonyl (C=O) groups excluding carboxylic acids is 2. The number of halogens is 2. The Morgan fingerprint density at radius 1 is 1.15 bits per heavy atom. The molecule has 0 radical (unpaired) electrons. The molecule has 6 heteroatoms. The lowest BCUT2D eigenvalue weighted by Gasteiger charge is -2.29. The first-order valence-corrected chi connectivity index (χ1v) is 9.08. The van der Waals surface area contributed by atoms with Crippen molar-refractivity contribution in [1.82, 2.24) is 10.2 Å². The van der Waals surface area contributed by atoms with Crippen LogP contribution in [0.1, 0.15) is 23.6 Å². The zero-order valence-electron chi connectivity index (χ0n) is 15.1. The Kier molecular flexibility index (Phi) is 7.06. The maximum atomic E-state index is 12.9. The molecule has 138 valence electrons. The Hall–Kier alpha value is -2.04. The molecule has 0 aliphatic rings. The summed E-state index contributed by atoms with van der Waals surface area (Å²) in [7, 11) is 1.55. The van der Waals surface area contributed by atoms with E-state index in [0.717, 1.165) is 16.7 Å². The highest BCUT2D eigenvalue weighted by atomic mass is 35.5. The third-order valence-electron chi connectivity index (χ3n) is 4.21. The summed E-state index contributed by atoms with van der Waals surface area (Å²) >= 11 is 12.2. The maximum Gasteiger partial charge on any atom is 0.242 e. The quantitative estimate of drug-likeness (QED) is 0.806. The zero-order valence-corrected chi connectivity index (χ0v) is 16.6. The second kappa shape index (κ2) is 9.06. The molecule has 4 nitrogen and oxygen atoms in total. The third kappa shape index (κ3) is 5.23. The van der Waals surface area contributed by atoms with Crippen LogP contribution in [0.15, 0.2) is 42.5 Å². The number of likely N-dealkylation sites (N-methyl/N-ethyl adjacent to an activating group) is 1. The van der Waals surface area contributed by atoms with Gasteiger partial charge in [-0.3, -0.25) is 9.59 Å². The minimum Gasteiger partial charge on any atom is -0.357 e. The molecule has 0 fully saturated rings. The summed E-state index contributed by atoms with van der Waals surface area (Å²) < 4.78 is 0. The van der Waals surface area contributed by atoms with Crippen LogP contribution in [0.2, 0.25) is 10.0 Å². The van der Waals surface area contributed by atoms with Crippen molar-refractivity contribution in [3.63, 3.8) is 0 Å². The first kappa shape index (κ1) is 20.3. The molecule has 26 heavy (non-hydrogen) atoms. The van der Waals surface area contributed by atoms with Gasteiger partial charge in [0.05, 0.1) is 6.42 Å². The van der Waals surface area contributed by atoms with E-state index in [-0.39, 0.29) is 24.8 Å². The fourth-order valence-corrected chi connectivity index (χ4v) is 3.19. The van der Waals surface area contributed by atoms with E-state index in [1.54, 1.807) is 32.2 Å². The van der Waals surface area contributed by atoms with Gasteiger partial charge in [0, 0.05) is 23.6 Å². The molecule has 0 saturated heterocycles. The minimum atomic E-state index is -0.621. The molecular formula is C20H22Cl2N2O2. The summed E-state index contributed by atoms with van der Waals surface area (Å²) in [5.74, 6) is -0.370. The summed E-state index contributed by atoms with van der Waals surface area (Å²) in [5, 5.41) is 3.59. The predicted molar refractivity (Wildman–Crippen MR) is 105 cm³/mol. The summed E-state index contributed by atoms with van der Waals surface area (Å²) in [6, 6.07) is 12.3. The van der Waals surface area contributed by atoms with E-state index in [2.05, 4.69) is 5.32 Å². The van der Waals surface area contributed by atoms with Crippen molar-refractivity contribution >= 4 is 35.0 Å². The van der Waals surface area contributed by atoms with E-state index in [1.165, 1.54) is 4.90 Å². The molecule has 0 saturated carbocycles. The fourth-order valence-electron chi connectivity index (χ4n) is 2.72. The highest BCUT2D eigenvalue weighted by Crippen LogP contribution is 2.23. The zero-order chi connectivity index (χ0) is 19.3. The Labute approximate surface area is 164 Å². The van der Waals surface area contributed by atoms with Gasteiger partial charge in [-0.15, -0.1) is 0 Å². The molecule has 0 aromatic heterocycles. The summed E-state index contributed by atoms with van der Waals surface area (Å²) in [6.45, 7) is 3.92. The van der Waals surface area contributed by atoms with Crippen molar-refractivity contribution in [1.29, 1.82) is 0 Å². The smallest absolute Gasteiger partial charge is 0.242 e. The molecule has 1 unspecified atom stereocenters. The van der Waals surface area contributed by atoms with Crippen LogP contribution in [-0.2, 0) is 22.6 Å². The van der Waals surface area contributed by atoms with E-state index >= 15 is 0 Å². The SMILES string of the molecule is CNC(=O)C(C)N(Cc1ccc(Cl)cc1Cl)C(=O)Cc1cccc(C)c1. The Morgan fingerprint density at radius 3 is 2.50 bits per heavy atom. The number of hydrogen-bond acceptors (Lipinski definition) is 2. The van der Waals surface area contributed by atoms with Crippen LogP contribution in [0.3, 0.4) is 0 Å². The normalized spacial score (nSPS) is 11.7. The molecule has 2 rings (SSSR count). The molecule has 1 atom stereocenters. The van der Waals surface area contributed by atoms with Crippen molar-refractivity contribution in [2.75, 3.05) is 7.05 Å². The number of benzene rings is 2. The van der Waals surface area contributed by atoms with Gasteiger partial charge >= 0.3 is 0 Å². The first-order valence-electron chi connectivity index (χ1n) is 8.32. The summed E-state index contributed by atoms with van der Waals surface area (Å²) in [6.07, 6.45) is 0.216. The lowest BCUT2D eigenvalue weighted by Crippen LogP contribution is -2.47. The van der Waals surface area contributed by atoms with Crippen molar-refractivity contribution in [2.45, 2.75) is 32.9 Å². The van der Waals surface area contributed by atoms with Gasteiger partial charge in [0.2, 0.25) is 11.8 Å². The van der Waals surface area contributed by atoms with Crippen LogP contribution in [0, 0.1) is 6.92 Å². The van der Waals surface area contributed by atoms with Gasteiger partial charge in [0.25, 0.3) is 0 Å². The molecule has 0 bridgehead atoms. The van der Waals surface area contributed by atoms with E-state index < -0.39 is 6.04 Å². The topological polar surface area (TPSA) is 49.4 Å². The lowest BCUT2D eigenvalue weighted by atomic mass is 10.1. The number of nitrogens with one attached hydrogen (secondary N) is 1. The maximum absolute atomic E-state index is 12.9. The van der Waals surface area contributed by atoms with Crippen LogP contribution in [0.5, 0.6) is 0 Å². The third-order valence-corrected chi connectivity index (χ3v) is 4.79. The van der Waals surface area contributed by atoms with Crippen molar-refractivity contribution in [2.24, 2.45) is 0 Å². The van der Waals surface area contributed by atoms with Gasteiger partial charge in [0.15, 0.2) is 0 Å². The van der Waals surface area contributed by atoms with Crippen LogP contribution in [0.4, 0.5) is 0 Å². The molecule has 2 aromatic carbocycles. The van der Waals surface area contributed by atoms with E-state index in [1.807, 2.05) is 31.2 Å². The predicted octanol–water partition coefficient (Wildman–Crippen LogP) is 4.01. The van der Waals surface area contributed by atoms with Crippen molar-refractivity contribution < 1.29 is 9.59 Å². The van der Waals surface area contributed by atoms with E-state index in [4.69, 9.17) is 23.2 Å².